The number of halogens is 2. The molecule has 1 aromatic heterocycles. The topological polar surface area (TPSA) is 71.7 Å². The van der Waals surface area contributed by atoms with Gasteiger partial charge in [0.2, 0.25) is 11.7 Å². The average molecular weight is 483 g/mol. The molecule has 0 aliphatic carbocycles. The lowest BCUT2D eigenvalue weighted by molar-refractivity contribution is 0.0392. The van der Waals surface area contributed by atoms with Gasteiger partial charge in [-0.25, -0.2) is 13.6 Å². The smallest absolute Gasteiger partial charge is 0.320 e. The molecule has 7 nitrogen and oxygen atoms in total. The number of benzene rings is 2. The molecular formula is C26H28F2N4O3. The summed E-state index contributed by atoms with van der Waals surface area (Å²) in [6.07, 6.45) is 1.63. The van der Waals surface area contributed by atoms with Crippen molar-refractivity contribution >= 4 is 6.03 Å². The second-order valence-corrected chi connectivity index (χ2v) is 9.06. The molecule has 184 valence electrons. The van der Waals surface area contributed by atoms with E-state index in [-0.39, 0.29) is 35.1 Å². The van der Waals surface area contributed by atoms with Crippen LogP contribution in [0.1, 0.15) is 42.2 Å². The summed E-state index contributed by atoms with van der Waals surface area (Å²) in [5.41, 5.74) is 2.06. The molecule has 2 unspecified atom stereocenters. The van der Waals surface area contributed by atoms with Crippen molar-refractivity contribution in [2.45, 2.75) is 31.6 Å². The number of hydrogen-bond donors (Lipinski definition) is 0. The molecular weight excluding hydrogens is 454 g/mol. The number of nitrogens with zero attached hydrogens (tertiary/aromatic N) is 4. The molecule has 0 saturated carbocycles. The van der Waals surface area contributed by atoms with Crippen LogP contribution in [0.15, 0.2) is 47.0 Å². The van der Waals surface area contributed by atoms with Crippen molar-refractivity contribution in [3.8, 4) is 11.4 Å². The van der Waals surface area contributed by atoms with Crippen LogP contribution in [-0.2, 0) is 11.2 Å². The van der Waals surface area contributed by atoms with Crippen LogP contribution in [0.25, 0.3) is 11.4 Å². The summed E-state index contributed by atoms with van der Waals surface area (Å²) in [6.45, 7) is 5.21. The highest BCUT2D eigenvalue weighted by molar-refractivity contribution is 5.75. The van der Waals surface area contributed by atoms with E-state index >= 15 is 0 Å². The fraction of sp³-hybridized carbons (Fsp3) is 0.423. The fourth-order valence-corrected chi connectivity index (χ4v) is 4.87. The molecule has 0 radical (unpaired) electrons. The maximum atomic E-state index is 14.3. The molecule has 3 heterocycles. The Morgan fingerprint density at radius 2 is 1.69 bits per heavy atom. The number of piperidine rings is 1. The lowest BCUT2D eigenvalue weighted by Gasteiger charge is -2.40. The largest absolute Gasteiger partial charge is 0.378 e. The number of ether oxygens (including phenoxy) is 1. The van der Waals surface area contributed by atoms with Crippen LogP contribution in [0.2, 0.25) is 0 Å². The maximum absolute atomic E-state index is 14.3. The minimum absolute atomic E-state index is 0.0481. The van der Waals surface area contributed by atoms with Crippen molar-refractivity contribution in [3.05, 3.63) is 71.1 Å². The van der Waals surface area contributed by atoms with E-state index in [2.05, 4.69) is 41.3 Å². The first-order valence-electron chi connectivity index (χ1n) is 12.0. The number of aromatic nitrogens is 2. The van der Waals surface area contributed by atoms with Crippen LogP contribution >= 0.6 is 0 Å². The number of rotatable bonds is 4. The van der Waals surface area contributed by atoms with Crippen LogP contribution < -0.4 is 0 Å². The maximum Gasteiger partial charge on any atom is 0.320 e. The minimum atomic E-state index is -0.751. The summed E-state index contributed by atoms with van der Waals surface area (Å²) in [5, 5.41) is 3.87. The van der Waals surface area contributed by atoms with Gasteiger partial charge in [-0.05, 0) is 36.1 Å². The summed E-state index contributed by atoms with van der Waals surface area (Å²) < 4.78 is 39.4. The van der Waals surface area contributed by atoms with Gasteiger partial charge in [-0.15, -0.1) is 0 Å². The zero-order valence-electron chi connectivity index (χ0n) is 19.6. The number of morpholine rings is 1. The molecule has 0 N–H and O–H groups in total. The number of carbonyl (C=O) groups is 1. The van der Waals surface area contributed by atoms with E-state index in [4.69, 9.17) is 9.26 Å². The number of amides is 2. The Morgan fingerprint density at radius 3 is 2.37 bits per heavy atom. The molecule has 5 rings (SSSR count). The van der Waals surface area contributed by atoms with Gasteiger partial charge in [0.25, 0.3) is 0 Å². The molecule has 2 aliphatic rings. The molecule has 2 fully saturated rings. The van der Waals surface area contributed by atoms with Crippen molar-refractivity contribution < 1.29 is 22.8 Å². The summed E-state index contributed by atoms with van der Waals surface area (Å²) >= 11 is 0. The van der Waals surface area contributed by atoms with Gasteiger partial charge in [-0.3, -0.25) is 0 Å². The molecule has 35 heavy (non-hydrogen) atoms. The summed E-state index contributed by atoms with van der Waals surface area (Å²) in [6, 6.07) is 12.0. The normalized spacial score (nSPS) is 20.8. The van der Waals surface area contributed by atoms with Crippen molar-refractivity contribution in [3.63, 3.8) is 0 Å². The third kappa shape index (κ3) is 4.91. The Kier molecular flexibility index (Phi) is 6.77. The number of aryl methyl sites for hydroxylation is 1. The molecule has 2 aliphatic heterocycles. The number of urea groups is 1. The van der Waals surface area contributed by atoms with Gasteiger partial charge in [-0.2, -0.15) is 4.98 Å². The summed E-state index contributed by atoms with van der Waals surface area (Å²) in [5.74, 6) is -1.56. The van der Waals surface area contributed by atoms with Gasteiger partial charge in [-0.1, -0.05) is 42.4 Å². The van der Waals surface area contributed by atoms with E-state index in [1.54, 1.807) is 4.90 Å². The first-order chi connectivity index (χ1) is 17.0. The Bertz CT molecular complexity index is 1160. The molecule has 9 heteroatoms. The van der Waals surface area contributed by atoms with Crippen molar-refractivity contribution in [2.75, 3.05) is 39.4 Å². The summed E-state index contributed by atoms with van der Waals surface area (Å²) in [4.78, 5) is 21.3. The van der Waals surface area contributed by atoms with Gasteiger partial charge >= 0.3 is 6.03 Å². The quantitative estimate of drug-likeness (QED) is 0.544. The Morgan fingerprint density at radius 1 is 1.00 bits per heavy atom. The van der Waals surface area contributed by atoms with Crippen LogP contribution in [-0.4, -0.2) is 65.4 Å². The van der Waals surface area contributed by atoms with Crippen molar-refractivity contribution in [2.24, 2.45) is 0 Å². The first kappa shape index (κ1) is 23.4. The molecule has 2 atom stereocenters. The molecule has 2 saturated heterocycles. The van der Waals surface area contributed by atoms with Crippen LogP contribution in [0, 0.1) is 11.6 Å². The predicted molar refractivity (Wildman–Crippen MR) is 125 cm³/mol. The zero-order valence-corrected chi connectivity index (χ0v) is 19.6. The molecule has 3 aromatic rings. The van der Waals surface area contributed by atoms with Crippen LogP contribution in [0.5, 0.6) is 0 Å². The summed E-state index contributed by atoms with van der Waals surface area (Å²) in [7, 11) is 0. The van der Waals surface area contributed by atoms with Gasteiger partial charge in [0.1, 0.15) is 11.6 Å². The standard InChI is InChI=1S/C26H28F2N4O3/c1-2-17-6-8-18(9-7-17)19-14-20(16-32(15-19)26(33)31-10-12-34-13-11-31)25-29-24(30-35-25)23-21(27)4-3-5-22(23)28/h3-9,19-20H,2,10-16H2,1H3. The third-order valence-corrected chi connectivity index (χ3v) is 6.84. The number of hydrogen-bond acceptors (Lipinski definition) is 5. The van der Waals surface area contributed by atoms with E-state index in [0.717, 1.165) is 24.1 Å². The lowest BCUT2D eigenvalue weighted by atomic mass is 9.84. The van der Waals surface area contributed by atoms with E-state index in [1.807, 2.05) is 4.90 Å². The average Bonchev–Trinajstić information content (AvgIpc) is 3.38. The molecule has 0 spiro atoms. The van der Waals surface area contributed by atoms with Gasteiger partial charge in [0.15, 0.2) is 0 Å². The second-order valence-electron chi connectivity index (χ2n) is 9.06. The molecule has 2 aromatic carbocycles. The van der Waals surface area contributed by atoms with E-state index in [9.17, 15) is 13.6 Å². The Hall–Kier alpha value is -3.33. The fourth-order valence-electron chi connectivity index (χ4n) is 4.87. The van der Waals surface area contributed by atoms with Gasteiger partial charge in [0.05, 0.1) is 24.7 Å². The SMILES string of the molecule is CCc1ccc(C2CC(c3nc(-c4c(F)cccc4F)no3)CN(C(=O)N3CCOCC3)C2)cc1. The van der Waals surface area contributed by atoms with E-state index in [1.165, 1.54) is 11.6 Å². The highest BCUT2D eigenvalue weighted by atomic mass is 19.1. The Balaban J connectivity index is 1.43. The van der Waals surface area contributed by atoms with Crippen molar-refractivity contribution in [1.29, 1.82) is 0 Å². The highest BCUT2D eigenvalue weighted by Gasteiger charge is 2.36. The van der Waals surface area contributed by atoms with Gasteiger partial charge in [0, 0.05) is 32.1 Å². The third-order valence-electron chi connectivity index (χ3n) is 6.84. The monoisotopic (exact) mass is 482 g/mol. The Labute approximate surface area is 202 Å². The zero-order chi connectivity index (χ0) is 24.4. The molecule has 2 amide bonds. The lowest BCUT2D eigenvalue weighted by Crippen LogP contribution is -2.52. The van der Waals surface area contributed by atoms with E-state index in [0.29, 0.717) is 45.8 Å². The van der Waals surface area contributed by atoms with Gasteiger partial charge < -0.3 is 19.1 Å². The van der Waals surface area contributed by atoms with Crippen LogP contribution in [0.4, 0.5) is 13.6 Å². The van der Waals surface area contributed by atoms with E-state index < -0.39 is 11.6 Å². The predicted octanol–water partition coefficient (Wildman–Crippen LogP) is 4.60. The molecule has 0 bridgehead atoms. The van der Waals surface area contributed by atoms with Crippen molar-refractivity contribution in [1.82, 2.24) is 19.9 Å². The number of likely N-dealkylation sites (tertiary alicyclic amines) is 1. The minimum Gasteiger partial charge on any atom is -0.378 e. The first-order valence-corrected chi connectivity index (χ1v) is 12.0. The number of carbonyl (C=O) groups excluding carboxylic acids is 1. The second kappa shape index (κ2) is 10.1. The highest BCUT2D eigenvalue weighted by Crippen LogP contribution is 2.37. The van der Waals surface area contributed by atoms with Crippen LogP contribution in [0.3, 0.4) is 0 Å².